The smallest absolute Gasteiger partial charge is 0.257 e. The maximum Gasteiger partial charge on any atom is 0.257 e. The van der Waals surface area contributed by atoms with Gasteiger partial charge in [-0.05, 0) is 154 Å². The van der Waals surface area contributed by atoms with Gasteiger partial charge in [0.15, 0.2) is 0 Å². The van der Waals surface area contributed by atoms with Crippen LogP contribution < -0.4 is 31.1 Å². The van der Waals surface area contributed by atoms with Gasteiger partial charge in [0.1, 0.15) is 5.58 Å². The van der Waals surface area contributed by atoms with Crippen LogP contribution in [0.2, 0.25) is 0 Å². The van der Waals surface area contributed by atoms with E-state index in [9.17, 15) is 0 Å². The molecule has 0 saturated heterocycles. The number of rotatable bonds is 3. The monoisotopic (exact) mass is 992 g/mol. The van der Waals surface area contributed by atoms with E-state index in [0.29, 0.717) is 0 Å². The maximum atomic E-state index is 7.67. The number of benzene rings is 6. The van der Waals surface area contributed by atoms with Crippen molar-refractivity contribution in [2.24, 2.45) is 0 Å². The first-order valence-electron chi connectivity index (χ1n) is 28.9. The van der Waals surface area contributed by atoms with Crippen molar-refractivity contribution in [3.63, 3.8) is 0 Å². The topological polar surface area (TPSA) is 22.9 Å². The summed E-state index contributed by atoms with van der Waals surface area (Å²) in [6, 6.07) is 43.8. The molecule has 386 valence electrons. The van der Waals surface area contributed by atoms with E-state index in [4.69, 9.17) is 4.42 Å². The Hall–Kier alpha value is -5.68. The van der Waals surface area contributed by atoms with E-state index >= 15 is 0 Å². The van der Waals surface area contributed by atoms with Crippen LogP contribution >= 0.6 is 0 Å². The predicted octanol–water partition coefficient (Wildman–Crippen LogP) is 17.4. The minimum atomic E-state index is -0.144. The van der Waals surface area contributed by atoms with Crippen LogP contribution in [0, 0.1) is 0 Å². The van der Waals surface area contributed by atoms with Gasteiger partial charge in [0, 0.05) is 55.7 Å². The van der Waals surface area contributed by atoms with Crippen LogP contribution in [0.15, 0.2) is 114 Å². The molecule has 4 unspecified atom stereocenters. The second kappa shape index (κ2) is 15.5. The lowest BCUT2D eigenvalue weighted by Gasteiger charge is -2.53. The van der Waals surface area contributed by atoms with Crippen LogP contribution in [0.3, 0.4) is 0 Å². The van der Waals surface area contributed by atoms with Gasteiger partial charge < -0.3 is 14.2 Å². The molecule has 6 aliphatic rings. The van der Waals surface area contributed by atoms with Gasteiger partial charge in [0.25, 0.3) is 6.71 Å². The molecule has 0 radical (unpaired) electrons. The second-order valence-electron chi connectivity index (χ2n) is 29.3. The van der Waals surface area contributed by atoms with E-state index in [2.05, 4.69) is 235 Å². The predicted molar refractivity (Wildman–Crippen MR) is 321 cm³/mol. The number of furan rings is 1. The first-order chi connectivity index (χ1) is 35.2. The number of fused-ring (bicyclic) bond motifs is 12. The fraction of sp³-hybridized carbons (Fsp3) is 0.457. The van der Waals surface area contributed by atoms with Gasteiger partial charge in [-0.2, -0.15) is 0 Å². The van der Waals surface area contributed by atoms with E-state index in [1.54, 1.807) is 5.56 Å². The Morgan fingerprint density at radius 1 is 0.467 bits per heavy atom. The molecule has 2 aliphatic carbocycles. The molecule has 4 atom stereocenters. The average Bonchev–Trinajstić information content (AvgIpc) is 3.90. The summed E-state index contributed by atoms with van der Waals surface area (Å²) in [5, 5.41) is 1.23. The third-order valence-corrected chi connectivity index (χ3v) is 20.8. The summed E-state index contributed by atoms with van der Waals surface area (Å²) in [6.45, 7) is 39.0. The summed E-state index contributed by atoms with van der Waals surface area (Å²) >= 11 is 0. The molecule has 6 aromatic carbocycles. The lowest BCUT2D eigenvalue weighted by atomic mass is 9.33. The summed E-state index contributed by atoms with van der Waals surface area (Å²) in [5.74, 6) is 0.943. The molecule has 4 aliphatic heterocycles. The molecule has 7 aromatic rings. The molecule has 2 fully saturated rings. The van der Waals surface area contributed by atoms with Gasteiger partial charge in [-0.1, -0.05) is 189 Å². The van der Waals surface area contributed by atoms with Crippen LogP contribution in [-0.2, 0) is 32.5 Å². The Morgan fingerprint density at radius 3 is 1.64 bits per heavy atom. The first kappa shape index (κ1) is 48.9. The minimum absolute atomic E-state index is 0.0260. The first-order valence-corrected chi connectivity index (χ1v) is 28.9. The normalized spacial score (nSPS) is 24.7. The largest absolute Gasteiger partial charge is 0.440 e. The molecule has 75 heavy (non-hydrogen) atoms. The SMILES string of the molecule is CC(C)(C)c1ccc(N2c3cc(N4c5ccc(C(C)(C)C)cc5C5(C)CCCCC45C)cc4c3B(c3cc(C(C)(C)C)cc5c3N4C3(C)CCCCC53C)c3c2oc2ccc(C(C)(C)C)cc32)c(-c2ccccc2)c1. The van der Waals surface area contributed by atoms with Crippen molar-refractivity contribution in [2.75, 3.05) is 14.7 Å². The third-order valence-electron chi connectivity index (χ3n) is 20.8. The summed E-state index contributed by atoms with van der Waals surface area (Å²) in [5.41, 5.74) is 23.5. The van der Waals surface area contributed by atoms with Crippen molar-refractivity contribution < 1.29 is 4.42 Å². The van der Waals surface area contributed by atoms with Gasteiger partial charge in [0.05, 0.1) is 16.8 Å². The van der Waals surface area contributed by atoms with Crippen LogP contribution in [0.5, 0.6) is 0 Å². The Bertz CT molecular complexity index is 3540. The van der Waals surface area contributed by atoms with Crippen molar-refractivity contribution in [3.05, 3.63) is 143 Å². The summed E-state index contributed by atoms with van der Waals surface area (Å²) in [7, 11) is 0. The highest BCUT2D eigenvalue weighted by Crippen LogP contribution is 2.65. The third kappa shape index (κ3) is 6.60. The van der Waals surface area contributed by atoms with Gasteiger partial charge in [0.2, 0.25) is 5.88 Å². The van der Waals surface area contributed by atoms with Gasteiger partial charge in [-0.3, -0.25) is 4.90 Å². The molecule has 5 heteroatoms. The number of hydrogen-bond donors (Lipinski definition) is 0. The van der Waals surface area contributed by atoms with Crippen LogP contribution in [-0.4, -0.2) is 17.8 Å². The highest BCUT2D eigenvalue weighted by atomic mass is 16.4. The van der Waals surface area contributed by atoms with Crippen LogP contribution in [0.4, 0.5) is 40.0 Å². The quantitative estimate of drug-likeness (QED) is 0.165. The summed E-state index contributed by atoms with van der Waals surface area (Å²) in [6.07, 6.45) is 9.61. The minimum Gasteiger partial charge on any atom is -0.440 e. The molecular formula is C70H82BN3O. The Labute approximate surface area is 450 Å². The Balaban J connectivity index is 1.21. The molecule has 4 nitrogen and oxygen atoms in total. The molecule has 0 N–H and O–H groups in total. The van der Waals surface area contributed by atoms with Crippen LogP contribution in [0.25, 0.3) is 22.1 Å². The fourth-order valence-corrected chi connectivity index (χ4v) is 15.8. The molecule has 0 spiro atoms. The van der Waals surface area contributed by atoms with Gasteiger partial charge in [-0.15, -0.1) is 0 Å². The van der Waals surface area contributed by atoms with E-state index in [1.807, 2.05) is 0 Å². The summed E-state index contributed by atoms with van der Waals surface area (Å²) < 4.78 is 7.67. The van der Waals surface area contributed by atoms with E-state index in [-0.39, 0.29) is 50.3 Å². The Kier molecular flexibility index (Phi) is 10.1. The lowest BCUT2D eigenvalue weighted by molar-refractivity contribution is 0.194. The Morgan fingerprint density at radius 2 is 1.00 bits per heavy atom. The molecule has 2 saturated carbocycles. The molecule has 1 aromatic heterocycles. The molecule has 0 bridgehead atoms. The molecule has 13 rings (SSSR count). The summed E-state index contributed by atoms with van der Waals surface area (Å²) in [4.78, 5) is 8.43. The van der Waals surface area contributed by atoms with E-state index in [1.165, 1.54) is 128 Å². The highest BCUT2D eigenvalue weighted by Gasteiger charge is 2.63. The van der Waals surface area contributed by atoms with Crippen molar-refractivity contribution in [3.8, 4) is 11.1 Å². The fourth-order valence-electron chi connectivity index (χ4n) is 15.8. The number of anilines is 7. The molecular weight excluding hydrogens is 910 g/mol. The molecule has 0 amide bonds. The van der Waals surface area contributed by atoms with Crippen molar-refractivity contribution in [1.82, 2.24) is 0 Å². The van der Waals surface area contributed by atoms with Crippen molar-refractivity contribution >= 4 is 74.1 Å². The number of hydrogen-bond acceptors (Lipinski definition) is 4. The standard InChI is InChI=1S/C70H82BN3O/c1-63(2,3)44-26-29-54(49(36-44)43-24-18-17-19-25-43)72-56-41-48(73-55-30-27-46(65(7,8)9)38-51(55)67(13)32-20-22-34-69(67,73)15)42-57-60(56)71(59-50-37-45(64(4,5)6)28-31-58(50)75-62(59)72)53-40-47(66(10,11)12)39-52-61(53)74(57)70(16)35-23-21-33-68(52,70)14/h17-19,24-31,36-42H,20-23,32-35H2,1-16H3. The zero-order chi connectivity index (χ0) is 52.9. The van der Waals surface area contributed by atoms with Gasteiger partial charge in [-0.25, -0.2) is 0 Å². The second-order valence-corrected chi connectivity index (χ2v) is 29.3. The zero-order valence-electron chi connectivity index (χ0n) is 48.4. The molecule has 5 heterocycles. The zero-order valence-corrected chi connectivity index (χ0v) is 48.4. The van der Waals surface area contributed by atoms with Gasteiger partial charge >= 0.3 is 0 Å². The maximum absolute atomic E-state index is 7.67. The van der Waals surface area contributed by atoms with Crippen molar-refractivity contribution in [2.45, 2.75) is 206 Å². The van der Waals surface area contributed by atoms with Crippen molar-refractivity contribution in [1.29, 1.82) is 0 Å². The highest BCUT2D eigenvalue weighted by molar-refractivity contribution is 7.01. The average molecular weight is 992 g/mol. The van der Waals surface area contributed by atoms with E-state index in [0.717, 1.165) is 30.0 Å². The van der Waals surface area contributed by atoms with E-state index < -0.39 is 0 Å². The lowest BCUT2D eigenvalue weighted by Crippen LogP contribution is -2.64. The number of nitrogens with zero attached hydrogens (tertiary/aromatic N) is 3. The van der Waals surface area contributed by atoms with Crippen LogP contribution in [0.1, 0.15) is 196 Å².